The van der Waals surface area contributed by atoms with Gasteiger partial charge in [0.25, 0.3) is 0 Å². The van der Waals surface area contributed by atoms with Gasteiger partial charge in [0, 0.05) is 11.1 Å². The Morgan fingerprint density at radius 1 is 1.26 bits per heavy atom. The molecule has 4 heteroatoms. The molecule has 0 bridgehead atoms. The number of aromatic nitrogens is 2. The Hall–Kier alpha value is -1.42. The van der Waals surface area contributed by atoms with E-state index in [1.807, 2.05) is 12.1 Å². The highest BCUT2D eigenvalue weighted by atomic mass is 32.1. The molecule has 0 saturated heterocycles. The van der Waals surface area contributed by atoms with Gasteiger partial charge in [-0.3, -0.25) is 0 Å². The first-order chi connectivity index (χ1) is 8.99. The molecular weight excluding hydrogens is 254 g/mol. The smallest absolute Gasteiger partial charge is 0.133 e. The molecule has 0 saturated carbocycles. The van der Waals surface area contributed by atoms with Crippen LogP contribution < -0.4 is 5.73 Å². The molecule has 0 aliphatic carbocycles. The largest absolute Gasteiger partial charge is 0.383 e. The maximum atomic E-state index is 5.94. The van der Waals surface area contributed by atoms with Crippen molar-refractivity contribution in [3.63, 3.8) is 0 Å². The van der Waals surface area contributed by atoms with Gasteiger partial charge < -0.3 is 5.73 Å². The summed E-state index contributed by atoms with van der Waals surface area (Å²) in [6, 6.07) is 3.90. The Morgan fingerprint density at radius 2 is 2.00 bits per heavy atom. The van der Waals surface area contributed by atoms with E-state index >= 15 is 0 Å². The van der Waals surface area contributed by atoms with Gasteiger partial charge in [0.15, 0.2) is 0 Å². The number of anilines is 1. The zero-order chi connectivity index (χ0) is 14.0. The van der Waals surface area contributed by atoms with E-state index in [0.717, 1.165) is 17.0 Å². The van der Waals surface area contributed by atoms with E-state index in [1.165, 1.54) is 10.6 Å². The molecule has 0 aliphatic heterocycles. The summed E-state index contributed by atoms with van der Waals surface area (Å²) >= 11 is 1.75. The average molecular weight is 275 g/mol. The molecule has 2 rings (SSSR count). The number of nitrogens with two attached hydrogens (primary N) is 1. The lowest BCUT2D eigenvalue weighted by molar-refractivity contribution is 0.630. The molecule has 102 valence electrons. The standard InChI is InChI=1S/C15H21N3S/c1-9(2)8-12-13(10(3)4)19-15(18-12)11-6-5-7-17-14(11)16/h5-7,9-10H,8H2,1-4H3,(H2,16,17). The van der Waals surface area contributed by atoms with Crippen LogP contribution in [0, 0.1) is 5.92 Å². The van der Waals surface area contributed by atoms with Gasteiger partial charge in [0.05, 0.1) is 11.3 Å². The Balaban J connectivity index is 2.46. The van der Waals surface area contributed by atoms with Gasteiger partial charge >= 0.3 is 0 Å². The summed E-state index contributed by atoms with van der Waals surface area (Å²) in [5, 5.41) is 0.991. The van der Waals surface area contributed by atoms with Crippen LogP contribution in [0.5, 0.6) is 0 Å². The summed E-state index contributed by atoms with van der Waals surface area (Å²) in [6.07, 6.45) is 2.73. The molecule has 0 radical (unpaired) electrons. The lowest BCUT2D eigenvalue weighted by Crippen LogP contribution is -1.99. The topological polar surface area (TPSA) is 51.8 Å². The van der Waals surface area contributed by atoms with E-state index < -0.39 is 0 Å². The second-order valence-corrected chi connectivity index (χ2v) is 6.55. The van der Waals surface area contributed by atoms with Crippen LogP contribution in [0.3, 0.4) is 0 Å². The predicted octanol–water partition coefficient (Wildman–Crippen LogP) is 4.11. The number of rotatable bonds is 4. The number of thiazole rings is 1. The molecule has 0 aliphatic rings. The van der Waals surface area contributed by atoms with Crippen molar-refractivity contribution in [1.82, 2.24) is 9.97 Å². The fourth-order valence-corrected chi connectivity index (χ4v) is 3.19. The average Bonchev–Trinajstić information content (AvgIpc) is 2.72. The number of pyridine rings is 1. The second-order valence-electron chi connectivity index (χ2n) is 5.52. The van der Waals surface area contributed by atoms with Gasteiger partial charge in [-0.05, 0) is 30.4 Å². The summed E-state index contributed by atoms with van der Waals surface area (Å²) in [7, 11) is 0. The third-order valence-electron chi connectivity index (χ3n) is 2.92. The van der Waals surface area contributed by atoms with Crippen molar-refractivity contribution in [1.29, 1.82) is 0 Å². The third-order valence-corrected chi connectivity index (χ3v) is 4.35. The molecule has 2 heterocycles. The van der Waals surface area contributed by atoms with E-state index in [9.17, 15) is 0 Å². The molecule has 2 aromatic heterocycles. The number of hydrogen-bond acceptors (Lipinski definition) is 4. The van der Waals surface area contributed by atoms with Crippen LogP contribution in [-0.2, 0) is 6.42 Å². The van der Waals surface area contributed by atoms with Crippen molar-refractivity contribution < 1.29 is 0 Å². The van der Waals surface area contributed by atoms with Crippen molar-refractivity contribution in [2.75, 3.05) is 5.73 Å². The Kier molecular flexibility index (Phi) is 4.20. The summed E-state index contributed by atoms with van der Waals surface area (Å²) in [5.74, 6) is 1.67. The summed E-state index contributed by atoms with van der Waals surface area (Å²) in [6.45, 7) is 8.88. The highest BCUT2D eigenvalue weighted by molar-refractivity contribution is 7.15. The molecule has 0 spiro atoms. The fourth-order valence-electron chi connectivity index (χ4n) is 2.06. The van der Waals surface area contributed by atoms with Gasteiger partial charge in [-0.15, -0.1) is 11.3 Å². The van der Waals surface area contributed by atoms with Crippen LogP contribution in [0.4, 0.5) is 5.82 Å². The van der Waals surface area contributed by atoms with Crippen molar-refractivity contribution in [3.8, 4) is 10.6 Å². The highest BCUT2D eigenvalue weighted by Crippen LogP contribution is 2.35. The SMILES string of the molecule is CC(C)Cc1nc(-c2cccnc2N)sc1C(C)C. The van der Waals surface area contributed by atoms with Gasteiger partial charge in [-0.2, -0.15) is 0 Å². The predicted molar refractivity (Wildman–Crippen MR) is 82.4 cm³/mol. The summed E-state index contributed by atoms with van der Waals surface area (Å²) < 4.78 is 0. The van der Waals surface area contributed by atoms with Gasteiger partial charge in [-0.25, -0.2) is 9.97 Å². The monoisotopic (exact) mass is 275 g/mol. The van der Waals surface area contributed by atoms with Crippen molar-refractivity contribution in [2.24, 2.45) is 5.92 Å². The van der Waals surface area contributed by atoms with Crippen molar-refractivity contribution in [2.45, 2.75) is 40.0 Å². The Morgan fingerprint density at radius 3 is 2.58 bits per heavy atom. The third kappa shape index (κ3) is 3.13. The van der Waals surface area contributed by atoms with Crippen LogP contribution in [0.15, 0.2) is 18.3 Å². The van der Waals surface area contributed by atoms with Crippen LogP contribution in [-0.4, -0.2) is 9.97 Å². The van der Waals surface area contributed by atoms with E-state index in [0.29, 0.717) is 17.7 Å². The lowest BCUT2D eigenvalue weighted by Gasteiger charge is -2.06. The molecule has 19 heavy (non-hydrogen) atoms. The first-order valence-electron chi connectivity index (χ1n) is 6.69. The van der Waals surface area contributed by atoms with Crippen LogP contribution in [0.1, 0.15) is 44.2 Å². The first kappa shape index (κ1) is 14.0. The first-order valence-corrected chi connectivity index (χ1v) is 7.51. The van der Waals surface area contributed by atoms with Crippen molar-refractivity contribution in [3.05, 3.63) is 28.9 Å². The minimum atomic E-state index is 0.498. The Bertz CT molecular complexity index is 558. The molecule has 0 fully saturated rings. The minimum Gasteiger partial charge on any atom is -0.383 e. The maximum Gasteiger partial charge on any atom is 0.133 e. The minimum absolute atomic E-state index is 0.498. The fraction of sp³-hybridized carbons (Fsp3) is 0.467. The van der Waals surface area contributed by atoms with E-state index in [4.69, 9.17) is 10.7 Å². The molecular formula is C15H21N3S. The number of hydrogen-bond donors (Lipinski definition) is 1. The molecule has 3 nitrogen and oxygen atoms in total. The second kappa shape index (κ2) is 5.70. The molecule has 2 aromatic rings. The summed E-state index contributed by atoms with van der Waals surface area (Å²) in [5.41, 5.74) is 8.11. The van der Waals surface area contributed by atoms with Crippen LogP contribution in [0.2, 0.25) is 0 Å². The number of nitrogens with zero attached hydrogens (tertiary/aromatic N) is 2. The maximum absolute atomic E-state index is 5.94. The normalized spacial score (nSPS) is 11.5. The quantitative estimate of drug-likeness (QED) is 0.913. The zero-order valence-corrected chi connectivity index (χ0v) is 12.8. The highest BCUT2D eigenvalue weighted by Gasteiger charge is 2.17. The van der Waals surface area contributed by atoms with Crippen molar-refractivity contribution >= 4 is 17.2 Å². The van der Waals surface area contributed by atoms with Gasteiger partial charge in [0.1, 0.15) is 10.8 Å². The Labute approximate surface area is 118 Å². The van der Waals surface area contributed by atoms with Crippen LogP contribution in [0.25, 0.3) is 10.6 Å². The van der Waals surface area contributed by atoms with Gasteiger partial charge in [0.2, 0.25) is 0 Å². The van der Waals surface area contributed by atoms with Gasteiger partial charge in [-0.1, -0.05) is 27.7 Å². The lowest BCUT2D eigenvalue weighted by atomic mass is 10.0. The number of nitrogen functional groups attached to an aromatic ring is 1. The van der Waals surface area contributed by atoms with E-state index in [1.54, 1.807) is 17.5 Å². The van der Waals surface area contributed by atoms with E-state index in [-0.39, 0.29) is 0 Å². The van der Waals surface area contributed by atoms with Crippen LogP contribution >= 0.6 is 11.3 Å². The molecule has 2 N–H and O–H groups in total. The molecule has 0 unspecified atom stereocenters. The molecule has 0 amide bonds. The molecule has 0 aromatic carbocycles. The summed E-state index contributed by atoms with van der Waals surface area (Å²) in [4.78, 5) is 10.3. The molecule has 0 atom stereocenters. The van der Waals surface area contributed by atoms with E-state index in [2.05, 4.69) is 32.7 Å². The zero-order valence-electron chi connectivity index (χ0n) is 12.0.